The molecule has 1 heterocycles. The highest BCUT2D eigenvalue weighted by Gasteiger charge is 2.30. The molecule has 1 fully saturated rings. The Morgan fingerprint density at radius 2 is 2.00 bits per heavy atom. The largest absolute Gasteiger partial charge is 0.492 e. The van der Waals surface area contributed by atoms with E-state index in [2.05, 4.69) is 0 Å². The second-order valence-corrected chi connectivity index (χ2v) is 7.60. The quantitative estimate of drug-likeness (QED) is 0.715. The lowest BCUT2D eigenvalue weighted by Gasteiger charge is -2.34. The third kappa shape index (κ3) is 5.70. The molecule has 1 saturated heterocycles. The maximum Gasteiger partial charge on any atom is 0.253 e. The normalized spacial score (nSPS) is 16.4. The fraction of sp³-hybridized carbons (Fsp3) is 0.364. The summed E-state index contributed by atoms with van der Waals surface area (Å²) in [5, 5.41) is 0.597. The van der Waals surface area contributed by atoms with Crippen LogP contribution in [-0.2, 0) is 4.79 Å². The highest BCUT2D eigenvalue weighted by Crippen LogP contribution is 2.21. The molecule has 0 radical (unpaired) electrons. The van der Waals surface area contributed by atoms with Crippen LogP contribution in [0.15, 0.2) is 48.5 Å². The Morgan fingerprint density at radius 3 is 2.72 bits per heavy atom. The summed E-state index contributed by atoms with van der Waals surface area (Å²) in [4.78, 5) is 28.8. The van der Waals surface area contributed by atoms with Gasteiger partial charge in [-0.1, -0.05) is 17.7 Å². The van der Waals surface area contributed by atoms with Crippen molar-refractivity contribution in [3.63, 3.8) is 0 Å². The second-order valence-electron chi connectivity index (χ2n) is 7.16. The number of hydrogen-bond acceptors (Lipinski definition) is 3. The third-order valence-electron chi connectivity index (χ3n) is 5.02. The molecule has 0 aromatic heterocycles. The first kappa shape index (κ1) is 21.1. The number of amides is 2. The van der Waals surface area contributed by atoms with Gasteiger partial charge in [-0.3, -0.25) is 9.59 Å². The van der Waals surface area contributed by atoms with E-state index in [0.717, 1.165) is 12.8 Å². The van der Waals surface area contributed by atoms with E-state index in [1.807, 2.05) is 6.07 Å². The number of nitrogens with zero attached hydrogens (tertiary/aromatic N) is 2. The van der Waals surface area contributed by atoms with Gasteiger partial charge in [0.2, 0.25) is 5.91 Å². The summed E-state index contributed by atoms with van der Waals surface area (Å²) in [5.41, 5.74) is 0.433. The van der Waals surface area contributed by atoms with Crippen LogP contribution in [0.3, 0.4) is 0 Å². The van der Waals surface area contributed by atoms with Gasteiger partial charge in [0.25, 0.3) is 5.91 Å². The standard InChI is InChI=1S/C22H24ClFN2O3/c1-25(12-13-29-20-6-2-5-18(23)14-20)21(27)17-4-3-11-26(15-17)22(28)16-7-9-19(24)10-8-16/h2,5-10,14,17H,3-4,11-13,15H2,1H3. The summed E-state index contributed by atoms with van der Waals surface area (Å²) in [6, 6.07) is 12.6. The van der Waals surface area contributed by atoms with Crippen molar-refractivity contribution < 1.29 is 18.7 Å². The maximum absolute atomic E-state index is 13.1. The van der Waals surface area contributed by atoms with Gasteiger partial charge < -0.3 is 14.5 Å². The van der Waals surface area contributed by atoms with Gasteiger partial charge >= 0.3 is 0 Å². The van der Waals surface area contributed by atoms with Crippen LogP contribution < -0.4 is 4.74 Å². The molecule has 1 unspecified atom stereocenters. The molecule has 0 saturated carbocycles. The van der Waals surface area contributed by atoms with Gasteiger partial charge in [0, 0.05) is 30.7 Å². The van der Waals surface area contributed by atoms with Gasteiger partial charge in [-0.15, -0.1) is 0 Å². The number of carbonyl (C=O) groups excluding carboxylic acids is 2. The number of benzene rings is 2. The fourth-order valence-electron chi connectivity index (χ4n) is 3.42. The van der Waals surface area contributed by atoms with E-state index >= 15 is 0 Å². The van der Waals surface area contributed by atoms with Crippen molar-refractivity contribution in [3.8, 4) is 5.75 Å². The van der Waals surface area contributed by atoms with Gasteiger partial charge in [-0.2, -0.15) is 0 Å². The molecular weight excluding hydrogens is 395 g/mol. The Kier molecular flexibility index (Phi) is 7.09. The molecule has 7 heteroatoms. The third-order valence-corrected chi connectivity index (χ3v) is 5.25. The molecular formula is C22H24ClFN2O3. The Labute approximate surface area is 175 Å². The number of rotatable bonds is 6. The first-order chi connectivity index (χ1) is 13.9. The summed E-state index contributed by atoms with van der Waals surface area (Å²) >= 11 is 5.93. The average molecular weight is 419 g/mol. The second kappa shape index (κ2) is 9.74. The van der Waals surface area contributed by atoms with Gasteiger partial charge in [-0.05, 0) is 55.3 Å². The number of halogens is 2. The molecule has 2 aromatic carbocycles. The zero-order valence-electron chi connectivity index (χ0n) is 16.3. The van der Waals surface area contributed by atoms with Crippen LogP contribution in [0.5, 0.6) is 5.75 Å². The molecule has 5 nitrogen and oxygen atoms in total. The van der Waals surface area contributed by atoms with E-state index in [1.54, 1.807) is 35.0 Å². The molecule has 0 bridgehead atoms. The molecule has 1 atom stereocenters. The van der Waals surface area contributed by atoms with Gasteiger partial charge in [0.05, 0.1) is 12.5 Å². The van der Waals surface area contributed by atoms with Gasteiger partial charge in [0.1, 0.15) is 18.2 Å². The smallest absolute Gasteiger partial charge is 0.253 e. The molecule has 154 valence electrons. The maximum atomic E-state index is 13.1. The van der Waals surface area contributed by atoms with Crippen molar-refractivity contribution in [1.29, 1.82) is 0 Å². The molecule has 2 aromatic rings. The summed E-state index contributed by atoms with van der Waals surface area (Å²) < 4.78 is 18.7. The predicted octanol–water partition coefficient (Wildman–Crippen LogP) is 3.87. The van der Waals surface area contributed by atoms with Crippen LogP contribution in [0.2, 0.25) is 5.02 Å². The fourth-order valence-corrected chi connectivity index (χ4v) is 3.60. The van der Waals surface area contributed by atoms with Crippen LogP contribution in [0.25, 0.3) is 0 Å². The minimum Gasteiger partial charge on any atom is -0.492 e. The number of piperidine rings is 1. The van der Waals surface area contributed by atoms with Crippen molar-refractivity contribution in [1.82, 2.24) is 9.80 Å². The number of likely N-dealkylation sites (tertiary alicyclic amines) is 1. The summed E-state index contributed by atoms with van der Waals surface area (Å²) in [7, 11) is 1.74. The molecule has 0 aliphatic carbocycles. The molecule has 2 amide bonds. The predicted molar refractivity (Wildman–Crippen MR) is 110 cm³/mol. The van der Waals surface area contributed by atoms with E-state index in [0.29, 0.717) is 42.6 Å². The Morgan fingerprint density at radius 1 is 1.24 bits per heavy atom. The topological polar surface area (TPSA) is 49.9 Å². The van der Waals surface area contributed by atoms with Crippen molar-refractivity contribution in [2.75, 3.05) is 33.3 Å². The number of carbonyl (C=O) groups is 2. The van der Waals surface area contributed by atoms with E-state index in [-0.39, 0.29) is 23.5 Å². The zero-order valence-corrected chi connectivity index (χ0v) is 17.1. The Hall–Kier alpha value is -2.60. The van der Waals surface area contributed by atoms with Crippen molar-refractivity contribution in [3.05, 3.63) is 64.9 Å². The van der Waals surface area contributed by atoms with E-state index in [4.69, 9.17) is 16.3 Å². The molecule has 3 rings (SSSR count). The lowest BCUT2D eigenvalue weighted by molar-refractivity contribution is -0.135. The van der Waals surface area contributed by atoms with E-state index < -0.39 is 0 Å². The minimum atomic E-state index is -0.380. The Bertz CT molecular complexity index is 859. The minimum absolute atomic E-state index is 0.00343. The molecule has 1 aliphatic heterocycles. The number of likely N-dealkylation sites (N-methyl/N-ethyl adjacent to an activating group) is 1. The monoisotopic (exact) mass is 418 g/mol. The molecule has 1 aliphatic rings. The highest BCUT2D eigenvalue weighted by molar-refractivity contribution is 6.30. The first-order valence-electron chi connectivity index (χ1n) is 9.62. The van der Waals surface area contributed by atoms with Crippen LogP contribution >= 0.6 is 11.6 Å². The van der Waals surface area contributed by atoms with E-state index in [9.17, 15) is 14.0 Å². The van der Waals surface area contributed by atoms with Gasteiger partial charge in [-0.25, -0.2) is 4.39 Å². The molecule has 0 spiro atoms. The lowest BCUT2D eigenvalue weighted by Crippen LogP contribution is -2.46. The van der Waals surface area contributed by atoms with Crippen LogP contribution in [-0.4, -0.2) is 54.9 Å². The van der Waals surface area contributed by atoms with Crippen LogP contribution in [0.4, 0.5) is 4.39 Å². The van der Waals surface area contributed by atoms with E-state index in [1.165, 1.54) is 24.3 Å². The number of ether oxygens (including phenoxy) is 1. The zero-order chi connectivity index (χ0) is 20.8. The van der Waals surface area contributed by atoms with Crippen molar-refractivity contribution in [2.24, 2.45) is 5.92 Å². The molecule has 29 heavy (non-hydrogen) atoms. The SMILES string of the molecule is CN(CCOc1cccc(Cl)c1)C(=O)C1CCCN(C(=O)c2ccc(F)cc2)C1. The highest BCUT2D eigenvalue weighted by atomic mass is 35.5. The summed E-state index contributed by atoms with van der Waals surface area (Å²) in [5.74, 6) is -0.142. The first-order valence-corrected chi connectivity index (χ1v) is 10.00. The van der Waals surface area contributed by atoms with Crippen LogP contribution in [0.1, 0.15) is 23.2 Å². The molecule has 0 N–H and O–H groups in total. The van der Waals surface area contributed by atoms with Crippen molar-refractivity contribution in [2.45, 2.75) is 12.8 Å². The summed E-state index contributed by atoms with van der Waals surface area (Å²) in [6.45, 7) is 1.76. The average Bonchev–Trinajstić information content (AvgIpc) is 2.73. The Balaban J connectivity index is 1.51. The van der Waals surface area contributed by atoms with Crippen LogP contribution in [0, 0.1) is 11.7 Å². The summed E-state index contributed by atoms with van der Waals surface area (Å²) in [6.07, 6.45) is 1.50. The van der Waals surface area contributed by atoms with Crippen molar-refractivity contribution >= 4 is 23.4 Å². The number of hydrogen-bond donors (Lipinski definition) is 0. The van der Waals surface area contributed by atoms with Gasteiger partial charge in [0.15, 0.2) is 0 Å². The lowest BCUT2D eigenvalue weighted by atomic mass is 9.96.